The van der Waals surface area contributed by atoms with Crippen molar-refractivity contribution in [1.29, 1.82) is 0 Å². The molecule has 2 rings (SSSR count). The van der Waals surface area contributed by atoms with Gasteiger partial charge in [-0.05, 0) is 44.4 Å². The van der Waals surface area contributed by atoms with Crippen LogP contribution in [0.4, 0.5) is 0 Å². The van der Waals surface area contributed by atoms with E-state index in [-0.39, 0.29) is 12.4 Å². The number of rotatable bonds is 3. The van der Waals surface area contributed by atoms with Gasteiger partial charge in [0.15, 0.2) is 0 Å². The van der Waals surface area contributed by atoms with E-state index in [1.54, 1.807) is 6.92 Å². The lowest BCUT2D eigenvalue weighted by Crippen LogP contribution is -2.37. The lowest BCUT2D eigenvalue weighted by molar-refractivity contribution is -0.151. The Hall–Kier alpha value is -0.570. The van der Waals surface area contributed by atoms with Crippen LogP contribution in [-0.2, 0) is 9.53 Å². The summed E-state index contributed by atoms with van der Waals surface area (Å²) in [4.78, 5) is 11.3. The van der Waals surface area contributed by atoms with E-state index in [2.05, 4.69) is 0 Å². The van der Waals surface area contributed by atoms with Crippen molar-refractivity contribution < 1.29 is 14.6 Å². The van der Waals surface area contributed by atoms with E-state index in [0.717, 1.165) is 19.3 Å². The third kappa shape index (κ3) is 1.65. The first kappa shape index (κ1) is 9.97. The van der Waals surface area contributed by atoms with Gasteiger partial charge in [0.2, 0.25) is 0 Å². The summed E-state index contributed by atoms with van der Waals surface area (Å²) in [5, 5.41) is 10.3. The largest absolute Gasteiger partial charge is 0.466 e. The molecule has 0 saturated heterocycles. The fraction of sp³-hybridized carbons (Fsp3) is 0.909. The zero-order valence-electron chi connectivity index (χ0n) is 8.66. The van der Waals surface area contributed by atoms with Crippen LogP contribution in [0.2, 0.25) is 0 Å². The molecule has 0 unspecified atom stereocenters. The normalized spacial score (nSPS) is 40.1. The molecule has 0 aromatic carbocycles. The van der Waals surface area contributed by atoms with E-state index in [9.17, 15) is 9.90 Å². The molecular weight excluding hydrogens is 180 g/mol. The molecule has 0 spiro atoms. The van der Waals surface area contributed by atoms with Gasteiger partial charge < -0.3 is 9.84 Å². The van der Waals surface area contributed by atoms with Gasteiger partial charge in [-0.15, -0.1) is 0 Å². The van der Waals surface area contributed by atoms with Crippen LogP contribution in [0.5, 0.6) is 0 Å². The summed E-state index contributed by atoms with van der Waals surface area (Å²) in [5.74, 6) is 0.749. The summed E-state index contributed by atoms with van der Waals surface area (Å²) in [6.07, 6.45) is 4.42. The Bertz CT molecular complexity index is 239. The summed E-state index contributed by atoms with van der Waals surface area (Å²) in [6.45, 7) is 2.20. The molecule has 0 heterocycles. The smallest absolute Gasteiger partial charge is 0.308 e. The summed E-state index contributed by atoms with van der Waals surface area (Å²) >= 11 is 0. The Labute approximate surface area is 84.4 Å². The maximum atomic E-state index is 11.3. The predicted octanol–water partition coefficient (Wildman–Crippen LogP) is 1.49. The number of ether oxygens (including phenoxy) is 1. The molecule has 0 aromatic heterocycles. The first-order chi connectivity index (χ1) is 6.64. The highest BCUT2D eigenvalue weighted by Gasteiger charge is 2.50. The molecular formula is C11H18O3. The Kier molecular flexibility index (Phi) is 2.52. The van der Waals surface area contributed by atoms with Crippen LogP contribution in [0.15, 0.2) is 0 Å². The third-order valence-corrected chi connectivity index (χ3v) is 3.70. The van der Waals surface area contributed by atoms with Gasteiger partial charge in [-0.2, -0.15) is 0 Å². The number of hydrogen-bond donors (Lipinski definition) is 1. The summed E-state index contributed by atoms with van der Waals surface area (Å²) in [7, 11) is 0. The second-order valence-electron chi connectivity index (χ2n) is 4.67. The van der Waals surface area contributed by atoms with Gasteiger partial charge in [0.05, 0.1) is 18.6 Å². The minimum Gasteiger partial charge on any atom is -0.466 e. The van der Waals surface area contributed by atoms with Gasteiger partial charge in [0.1, 0.15) is 0 Å². The molecule has 0 aliphatic heterocycles. The fourth-order valence-electron chi connectivity index (χ4n) is 3.09. The van der Waals surface area contributed by atoms with Crippen molar-refractivity contribution in [3.63, 3.8) is 0 Å². The van der Waals surface area contributed by atoms with Gasteiger partial charge in [-0.1, -0.05) is 0 Å². The van der Waals surface area contributed by atoms with Gasteiger partial charge in [0, 0.05) is 0 Å². The van der Waals surface area contributed by atoms with Crippen LogP contribution in [0.3, 0.4) is 0 Å². The quantitative estimate of drug-likeness (QED) is 0.699. The van der Waals surface area contributed by atoms with Crippen molar-refractivity contribution in [2.24, 2.45) is 11.8 Å². The summed E-state index contributed by atoms with van der Waals surface area (Å²) in [6, 6.07) is 0. The molecule has 2 fully saturated rings. The molecule has 2 bridgehead atoms. The van der Waals surface area contributed by atoms with Crippen molar-refractivity contribution in [3.8, 4) is 0 Å². The molecule has 0 aromatic rings. The van der Waals surface area contributed by atoms with Gasteiger partial charge in [-0.25, -0.2) is 0 Å². The SMILES string of the molecule is CCOC(=O)C[C@]1(O)C[C@H]2CC[C@@H]1C2. The Morgan fingerprint density at radius 3 is 2.86 bits per heavy atom. The number of carbonyl (C=O) groups is 1. The molecule has 1 N–H and O–H groups in total. The summed E-state index contributed by atoms with van der Waals surface area (Å²) in [5.41, 5.74) is -0.741. The molecule has 3 atom stereocenters. The third-order valence-electron chi connectivity index (χ3n) is 3.70. The number of hydrogen-bond acceptors (Lipinski definition) is 3. The van der Waals surface area contributed by atoms with E-state index in [1.165, 1.54) is 6.42 Å². The van der Waals surface area contributed by atoms with Gasteiger partial charge >= 0.3 is 5.97 Å². The van der Waals surface area contributed by atoms with Crippen LogP contribution < -0.4 is 0 Å². The van der Waals surface area contributed by atoms with Crippen molar-refractivity contribution >= 4 is 5.97 Å². The molecule has 2 aliphatic rings. The topological polar surface area (TPSA) is 46.5 Å². The lowest BCUT2D eigenvalue weighted by atomic mass is 9.82. The van der Waals surface area contributed by atoms with Gasteiger partial charge in [0.25, 0.3) is 0 Å². The van der Waals surface area contributed by atoms with Crippen LogP contribution in [0.1, 0.15) is 39.0 Å². The number of esters is 1. The maximum Gasteiger partial charge on any atom is 0.308 e. The minimum atomic E-state index is -0.741. The molecule has 80 valence electrons. The molecule has 14 heavy (non-hydrogen) atoms. The highest BCUT2D eigenvalue weighted by Crippen LogP contribution is 2.52. The second-order valence-corrected chi connectivity index (χ2v) is 4.67. The van der Waals surface area contributed by atoms with Crippen LogP contribution in [0, 0.1) is 11.8 Å². The van der Waals surface area contributed by atoms with Crippen molar-refractivity contribution in [2.75, 3.05) is 6.61 Å². The predicted molar refractivity (Wildman–Crippen MR) is 51.6 cm³/mol. The van der Waals surface area contributed by atoms with Crippen molar-refractivity contribution in [1.82, 2.24) is 0 Å². The zero-order valence-corrected chi connectivity index (χ0v) is 8.66. The average Bonchev–Trinajstić information content (AvgIpc) is 2.62. The van der Waals surface area contributed by atoms with Crippen molar-refractivity contribution in [3.05, 3.63) is 0 Å². The Morgan fingerprint density at radius 1 is 1.57 bits per heavy atom. The Balaban J connectivity index is 1.93. The number of aliphatic hydroxyl groups is 1. The first-order valence-corrected chi connectivity index (χ1v) is 5.52. The number of fused-ring (bicyclic) bond motifs is 2. The molecule has 0 radical (unpaired) electrons. The molecule has 2 saturated carbocycles. The maximum absolute atomic E-state index is 11.3. The Morgan fingerprint density at radius 2 is 2.36 bits per heavy atom. The van der Waals surface area contributed by atoms with E-state index in [0.29, 0.717) is 18.4 Å². The van der Waals surface area contributed by atoms with Crippen LogP contribution >= 0.6 is 0 Å². The molecule has 3 nitrogen and oxygen atoms in total. The molecule has 2 aliphatic carbocycles. The van der Waals surface area contributed by atoms with Gasteiger partial charge in [-0.3, -0.25) is 4.79 Å². The molecule has 3 heteroatoms. The van der Waals surface area contributed by atoms with Crippen LogP contribution in [0.25, 0.3) is 0 Å². The first-order valence-electron chi connectivity index (χ1n) is 5.52. The van der Waals surface area contributed by atoms with Crippen molar-refractivity contribution in [2.45, 2.75) is 44.6 Å². The van der Waals surface area contributed by atoms with E-state index >= 15 is 0 Å². The number of carbonyl (C=O) groups excluding carboxylic acids is 1. The van der Waals surface area contributed by atoms with E-state index in [1.807, 2.05) is 0 Å². The highest BCUT2D eigenvalue weighted by atomic mass is 16.5. The fourth-order valence-corrected chi connectivity index (χ4v) is 3.09. The summed E-state index contributed by atoms with van der Waals surface area (Å²) < 4.78 is 4.88. The second kappa shape index (κ2) is 3.54. The zero-order chi connectivity index (χ0) is 10.2. The monoisotopic (exact) mass is 198 g/mol. The lowest BCUT2D eigenvalue weighted by Gasteiger charge is -2.31. The van der Waals surface area contributed by atoms with Crippen LogP contribution in [-0.4, -0.2) is 23.3 Å². The minimum absolute atomic E-state index is 0.196. The van der Waals surface area contributed by atoms with E-state index in [4.69, 9.17) is 4.74 Å². The highest BCUT2D eigenvalue weighted by molar-refractivity contribution is 5.70. The molecule has 0 amide bonds. The average molecular weight is 198 g/mol. The standard InChI is InChI=1S/C11H18O3/c1-2-14-10(12)7-11(13)6-8-3-4-9(11)5-8/h8-9,13H,2-7H2,1H3/t8-,9+,11+/m0/s1. The van der Waals surface area contributed by atoms with E-state index < -0.39 is 5.60 Å².